The van der Waals surface area contributed by atoms with Crippen LogP contribution in [0.5, 0.6) is 0 Å². The first-order chi connectivity index (χ1) is 11.1. The Balaban J connectivity index is 2.15. The van der Waals surface area contributed by atoms with Crippen molar-refractivity contribution in [3.05, 3.63) is 29.6 Å². The topological polar surface area (TPSA) is 61.4 Å². The lowest BCUT2D eigenvalue weighted by atomic mass is 10.2. The van der Waals surface area contributed by atoms with Crippen molar-refractivity contribution in [3.63, 3.8) is 0 Å². The SMILES string of the molecule is Cc1cc(F)cc(S(=O)(=O)NCC(N2CCNCC2)C(F)(F)F)c1. The van der Waals surface area contributed by atoms with Crippen LogP contribution in [0.3, 0.4) is 0 Å². The maximum absolute atomic E-state index is 13.3. The molecule has 10 heteroatoms. The molecular weight excluding hydrogens is 350 g/mol. The first-order valence-electron chi connectivity index (χ1n) is 7.38. The first kappa shape index (κ1) is 19.1. The number of nitrogens with one attached hydrogen (secondary N) is 2. The summed E-state index contributed by atoms with van der Waals surface area (Å²) < 4.78 is 79.4. The minimum Gasteiger partial charge on any atom is -0.314 e. The van der Waals surface area contributed by atoms with Gasteiger partial charge in [0.15, 0.2) is 0 Å². The molecule has 2 rings (SSSR count). The Morgan fingerprint density at radius 1 is 1.25 bits per heavy atom. The number of piperazine rings is 1. The zero-order valence-corrected chi connectivity index (χ0v) is 13.8. The van der Waals surface area contributed by atoms with Crippen LogP contribution in [-0.4, -0.2) is 58.3 Å². The third-order valence-corrected chi connectivity index (χ3v) is 5.17. The molecule has 1 aromatic carbocycles. The fourth-order valence-corrected chi connectivity index (χ4v) is 3.73. The molecule has 24 heavy (non-hydrogen) atoms. The zero-order chi connectivity index (χ0) is 18.0. The summed E-state index contributed by atoms with van der Waals surface area (Å²) in [7, 11) is -4.23. The average molecular weight is 369 g/mol. The van der Waals surface area contributed by atoms with Gasteiger partial charge >= 0.3 is 6.18 Å². The highest BCUT2D eigenvalue weighted by Crippen LogP contribution is 2.25. The van der Waals surface area contributed by atoms with Crippen molar-refractivity contribution in [1.29, 1.82) is 0 Å². The van der Waals surface area contributed by atoms with Gasteiger partial charge in [-0.05, 0) is 30.7 Å². The van der Waals surface area contributed by atoms with Gasteiger partial charge in [0.05, 0.1) is 4.90 Å². The molecule has 1 heterocycles. The van der Waals surface area contributed by atoms with E-state index in [0.29, 0.717) is 18.7 Å². The van der Waals surface area contributed by atoms with Crippen LogP contribution in [0.15, 0.2) is 23.1 Å². The van der Waals surface area contributed by atoms with Crippen LogP contribution in [0.25, 0.3) is 0 Å². The Kier molecular flexibility index (Phi) is 5.84. The quantitative estimate of drug-likeness (QED) is 0.767. The van der Waals surface area contributed by atoms with E-state index in [4.69, 9.17) is 0 Å². The standard InChI is InChI=1S/C14H19F4N3O2S/c1-10-6-11(15)8-12(7-10)24(22,23)20-9-13(14(16,17)18)21-4-2-19-3-5-21/h6-8,13,19-20H,2-5,9H2,1H3. The van der Waals surface area contributed by atoms with Crippen LogP contribution in [0.1, 0.15) is 5.56 Å². The summed E-state index contributed by atoms with van der Waals surface area (Å²) in [4.78, 5) is 0.803. The molecule has 5 nitrogen and oxygen atoms in total. The van der Waals surface area contributed by atoms with Gasteiger partial charge < -0.3 is 5.32 Å². The predicted octanol–water partition coefficient (Wildman–Crippen LogP) is 1.25. The largest absolute Gasteiger partial charge is 0.405 e. The first-order valence-corrected chi connectivity index (χ1v) is 8.86. The lowest BCUT2D eigenvalue weighted by molar-refractivity contribution is -0.182. The molecule has 0 amide bonds. The second kappa shape index (κ2) is 7.34. The summed E-state index contributed by atoms with van der Waals surface area (Å²) in [5, 5.41) is 2.94. The minimum absolute atomic E-state index is 0.172. The predicted molar refractivity (Wildman–Crippen MR) is 80.6 cm³/mol. The smallest absolute Gasteiger partial charge is 0.314 e. The summed E-state index contributed by atoms with van der Waals surface area (Å²) in [6.07, 6.45) is -4.57. The molecule has 1 saturated heterocycles. The molecule has 0 aromatic heterocycles. The number of aryl methyl sites for hydroxylation is 1. The second-order valence-electron chi connectivity index (χ2n) is 5.66. The van der Waals surface area contributed by atoms with E-state index in [-0.39, 0.29) is 18.0 Å². The molecule has 1 fully saturated rings. The highest BCUT2D eigenvalue weighted by atomic mass is 32.2. The van der Waals surface area contributed by atoms with Gasteiger partial charge in [-0.3, -0.25) is 4.90 Å². The highest BCUT2D eigenvalue weighted by Gasteiger charge is 2.44. The van der Waals surface area contributed by atoms with Gasteiger partial charge in [0.1, 0.15) is 11.9 Å². The van der Waals surface area contributed by atoms with Gasteiger partial charge in [-0.15, -0.1) is 0 Å². The van der Waals surface area contributed by atoms with Crippen molar-refractivity contribution in [1.82, 2.24) is 14.9 Å². The molecule has 1 aliphatic rings. The monoisotopic (exact) mass is 369 g/mol. The normalized spacial score (nSPS) is 18.5. The number of hydrogen-bond acceptors (Lipinski definition) is 4. The van der Waals surface area contributed by atoms with Crippen LogP contribution in [0.4, 0.5) is 17.6 Å². The van der Waals surface area contributed by atoms with Crippen molar-refractivity contribution in [2.24, 2.45) is 0 Å². The molecule has 0 spiro atoms. The summed E-state index contributed by atoms with van der Waals surface area (Å²) in [6.45, 7) is 1.84. The number of nitrogens with zero attached hydrogens (tertiary/aromatic N) is 1. The summed E-state index contributed by atoms with van der Waals surface area (Å²) in [5.74, 6) is -0.759. The van der Waals surface area contributed by atoms with Gasteiger partial charge in [-0.1, -0.05) is 0 Å². The third kappa shape index (κ3) is 4.88. The van der Waals surface area contributed by atoms with Crippen molar-refractivity contribution < 1.29 is 26.0 Å². The number of halogens is 4. The van der Waals surface area contributed by atoms with E-state index in [9.17, 15) is 26.0 Å². The number of benzene rings is 1. The third-order valence-electron chi connectivity index (χ3n) is 3.76. The molecule has 0 radical (unpaired) electrons. The van der Waals surface area contributed by atoms with Crippen LogP contribution >= 0.6 is 0 Å². The van der Waals surface area contributed by atoms with Crippen LogP contribution in [-0.2, 0) is 10.0 Å². The Hall–Kier alpha value is -1.23. The fraction of sp³-hybridized carbons (Fsp3) is 0.571. The van der Waals surface area contributed by atoms with E-state index in [1.54, 1.807) is 0 Å². The summed E-state index contributed by atoms with van der Waals surface area (Å²) in [5.41, 5.74) is 0.366. The average Bonchev–Trinajstić information content (AvgIpc) is 2.46. The van der Waals surface area contributed by atoms with E-state index in [2.05, 4.69) is 5.32 Å². The van der Waals surface area contributed by atoms with Crippen LogP contribution in [0, 0.1) is 12.7 Å². The van der Waals surface area contributed by atoms with E-state index in [1.165, 1.54) is 17.9 Å². The van der Waals surface area contributed by atoms with Crippen LogP contribution in [0.2, 0.25) is 0 Å². The molecule has 0 aliphatic carbocycles. The van der Waals surface area contributed by atoms with Gasteiger partial charge in [-0.2, -0.15) is 13.2 Å². The van der Waals surface area contributed by atoms with Gasteiger partial charge in [-0.25, -0.2) is 17.5 Å². The van der Waals surface area contributed by atoms with E-state index in [0.717, 1.165) is 12.1 Å². The number of alkyl halides is 3. The van der Waals surface area contributed by atoms with Gasteiger partial charge in [0, 0.05) is 32.7 Å². The Morgan fingerprint density at radius 2 is 1.88 bits per heavy atom. The number of sulfonamides is 1. The highest BCUT2D eigenvalue weighted by molar-refractivity contribution is 7.89. The minimum atomic E-state index is -4.57. The molecule has 136 valence electrons. The van der Waals surface area contributed by atoms with Crippen molar-refractivity contribution in [2.45, 2.75) is 24.0 Å². The Morgan fingerprint density at radius 3 is 2.42 bits per heavy atom. The summed E-state index contributed by atoms with van der Waals surface area (Å²) >= 11 is 0. The molecule has 0 bridgehead atoms. The van der Waals surface area contributed by atoms with E-state index >= 15 is 0 Å². The molecular formula is C14H19F4N3O2S. The zero-order valence-electron chi connectivity index (χ0n) is 13.0. The van der Waals surface area contributed by atoms with E-state index < -0.39 is 34.6 Å². The Labute approximate surface area is 138 Å². The van der Waals surface area contributed by atoms with Crippen molar-refractivity contribution in [3.8, 4) is 0 Å². The molecule has 1 atom stereocenters. The maximum Gasteiger partial charge on any atom is 0.405 e. The van der Waals surface area contributed by atoms with Crippen LogP contribution < -0.4 is 10.0 Å². The van der Waals surface area contributed by atoms with Crippen molar-refractivity contribution in [2.75, 3.05) is 32.7 Å². The maximum atomic E-state index is 13.3. The molecule has 0 saturated carbocycles. The lowest BCUT2D eigenvalue weighted by Gasteiger charge is -2.35. The van der Waals surface area contributed by atoms with Gasteiger partial charge in [0.2, 0.25) is 10.0 Å². The molecule has 1 aromatic rings. The molecule has 2 N–H and O–H groups in total. The number of rotatable bonds is 5. The second-order valence-corrected chi connectivity index (χ2v) is 7.43. The summed E-state index contributed by atoms with van der Waals surface area (Å²) in [6, 6.07) is 1.20. The van der Waals surface area contributed by atoms with Gasteiger partial charge in [0.25, 0.3) is 0 Å². The number of hydrogen-bond donors (Lipinski definition) is 2. The molecule has 1 unspecified atom stereocenters. The fourth-order valence-electron chi connectivity index (χ4n) is 2.58. The lowest BCUT2D eigenvalue weighted by Crippen LogP contribution is -2.57. The van der Waals surface area contributed by atoms with E-state index in [1.807, 2.05) is 4.72 Å². The Bertz CT molecular complexity index is 653. The molecule has 1 aliphatic heterocycles. The van der Waals surface area contributed by atoms with Crippen molar-refractivity contribution >= 4 is 10.0 Å².